The number of nitrogens with one attached hydrogen (secondary N) is 1. The van der Waals surface area contributed by atoms with E-state index in [-0.39, 0.29) is 6.04 Å². The number of hydrogen-bond donors (Lipinski definition) is 1. The smallest absolute Gasteiger partial charge is 0.150 e. The fraction of sp³-hybridized carbons (Fsp3) is 0.750. The fourth-order valence-corrected chi connectivity index (χ4v) is 2.93. The van der Waals surface area contributed by atoms with Crippen molar-refractivity contribution in [1.82, 2.24) is 14.9 Å². The molecule has 2 heterocycles. The van der Waals surface area contributed by atoms with E-state index in [4.69, 9.17) is 9.72 Å². The monoisotopic (exact) mass is 288 g/mol. The Labute approximate surface area is 126 Å². The van der Waals surface area contributed by atoms with Crippen molar-refractivity contribution in [3.8, 4) is 0 Å². The van der Waals surface area contributed by atoms with E-state index >= 15 is 0 Å². The Morgan fingerprint density at radius 1 is 1.24 bits per heavy atom. The highest BCUT2D eigenvalue weighted by molar-refractivity contribution is 5.33. The van der Waals surface area contributed by atoms with Crippen LogP contribution in [0.25, 0.3) is 0 Å². The van der Waals surface area contributed by atoms with Gasteiger partial charge >= 0.3 is 0 Å². The van der Waals surface area contributed by atoms with Gasteiger partial charge in [-0.15, -0.1) is 0 Å². The SMILES string of the molecule is c1cc(NCC2CC2)nc(C2COCCN2CC2CC2)n1. The quantitative estimate of drug-likeness (QED) is 0.868. The third kappa shape index (κ3) is 3.52. The summed E-state index contributed by atoms with van der Waals surface area (Å²) in [5.41, 5.74) is 0. The Hall–Kier alpha value is -1.20. The van der Waals surface area contributed by atoms with E-state index in [2.05, 4.69) is 15.2 Å². The van der Waals surface area contributed by atoms with E-state index in [0.717, 1.165) is 49.8 Å². The molecule has 5 nitrogen and oxygen atoms in total. The van der Waals surface area contributed by atoms with Crippen molar-refractivity contribution in [2.75, 3.05) is 38.2 Å². The van der Waals surface area contributed by atoms with Gasteiger partial charge in [0.2, 0.25) is 0 Å². The largest absolute Gasteiger partial charge is 0.378 e. The minimum atomic E-state index is 0.224. The lowest BCUT2D eigenvalue weighted by molar-refractivity contribution is -0.0137. The van der Waals surface area contributed by atoms with Gasteiger partial charge in [0.15, 0.2) is 0 Å². The molecule has 3 aliphatic rings. The van der Waals surface area contributed by atoms with Crippen LogP contribution in [-0.4, -0.2) is 47.7 Å². The Bertz CT molecular complexity index is 487. The third-order valence-electron chi connectivity index (χ3n) is 4.67. The molecule has 1 unspecified atom stereocenters. The molecule has 21 heavy (non-hydrogen) atoms. The number of hydrogen-bond acceptors (Lipinski definition) is 5. The van der Waals surface area contributed by atoms with Crippen LogP contribution in [0.3, 0.4) is 0 Å². The van der Waals surface area contributed by atoms with Gasteiger partial charge in [0, 0.05) is 25.8 Å². The predicted molar refractivity (Wildman–Crippen MR) is 81.1 cm³/mol. The van der Waals surface area contributed by atoms with Crippen LogP contribution < -0.4 is 5.32 Å². The lowest BCUT2D eigenvalue weighted by Crippen LogP contribution is -2.41. The Morgan fingerprint density at radius 2 is 2.10 bits per heavy atom. The molecule has 5 heteroatoms. The highest BCUT2D eigenvalue weighted by Crippen LogP contribution is 2.33. The molecule has 1 aromatic rings. The molecule has 1 aliphatic heterocycles. The molecule has 114 valence electrons. The maximum atomic E-state index is 5.67. The van der Waals surface area contributed by atoms with Crippen molar-refractivity contribution in [3.63, 3.8) is 0 Å². The van der Waals surface area contributed by atoms with Gasteiger partial charge in [-0.05, 0) is 43.6 Å². The summed E-state index contributed by atoms with van der Waals surface area (Å²) in [5, 5.41) is 3.44. The van der Waals surface area contributed by atoms with Crippen LogP contribution in [0.1, 0.15) is 37.5 Å². The fourth-order valence-electron chi connectivity index (χ4n) is 2.93. The summed E-state index contributed by atoms with van der Waals surface area (Å²) >= 11 is 0. The number of aromatic nitrogens is 2. The molecule has 1 saturated heterocycles. The molecule has 0 bridgehead atoms. The first kappa shape index (κ1) is 13.5. The summed E-state index contributed by atoms with van der Waals surface area (Å²) in [7, 11) is 0. The first-order chi connectivity index (χ1) is 10.4. The van der Waals surface area contributed by atoms with Crippen LogP contribution in [0.2, 0.25) is 0 Å². The molecule has 2 aliphatic carbocycles. The summed E-state index contributed by atoms with van der Waals surface area (Å²) in [4.78, 5) is 11.8. The van der Waals surface area contributed by atoms with Gasteiger partial charge in [-0.25, -0.2) is 9.97 Å². The summed E-state index contributed by atoms with van der Waals surface area (Å²) in [6.07, 6.45) is 7.36. The van der Waals surface area contributed by atoms with Crippen molar-refractivity contribution >= 4 is 5.82 Å². The Balaban J connectivity index is 1.45. The van der Waals surface area contributed by atoms with Crippen molar-refractivity contribution in [1.29, 1.82) is 0 Å². The van der Waals surface area contributed by atoms with Crippen LogP contribution in [-0.2, 0) is 4.74 Å². The standard InChI is InChI=1S/C16H24N4O/c1-2-12(1)9-18-15-5-6-17-16(19-15)14-11-21-8-7-20(14)10-13-3-4-13/h5-6,12-14H,1-4,7-11H2,(H,17,18,19). The maximum absolute atomic E-state index is 5.67. The Kier molecular flexibility index (Phi) is 3.78. The number of morpholine rings is 1. The van der Waals surface area contributed by atoms with E-state index in [1.807, 2.05) is 12.3 Å². The van der Waals surface area contributed by atoms with Crippen LogP contribution >= 0.6 is 0 Å². The molecule has 1 aromatic heterocycles. The lowest BCUT2D eigenvalue weighted by Gasteiger charge is -2.34. The first-order valence-electron chi connectivity index (χ1n) is 8.27. The highest BCUT2D eigenvalue weighted by atomic mass is 16.5. The molecule has 0 spiro atoms. The topological polar surface area (TPSA) is 50.3 Å². The molecule has 4 rings (SSSR count). The molecule has 1 atom stereocenters. The Morgan fingerprint density at radius 3 is 2.90 bits per heavy atom. The number of ether oxygens (including phenoxy) is 1. The summed E-state index contributed by atoms with van der Waals surface area (Å²) < 4.78 is 5.67. The molecule has 3 fully saturated rings. The lowest BCUT2D eigenvalue weighted by atomic mass is 10.2. The number of rotatable bonds is 6. The summed E-state index contributed by atoms with van der Waals surface area (Å²) in [5.74, 6) is 3.62. The summed E-state index contributed by atoms with van der Waals surface area (Å²) in [6, 6.07) is 2.20. The second kappa shape index (κ2) is 5.89. The van der Waals surface area contributed by atoms with Crippen LogP contribution in [0.5, 0.6) is 0 Å². The van der Waals surface area contributed by atoms with E-state index in [0.29, 0.717) is 0 Å². The van der Waals surface area contributed by atoms with Gasteiger partial charge in [-0.1, -0.05) is 0 Å². The molecule has 0 aromatic carbocycles. The van der Waals surface area contributed by atoms with Crippen molar-refractivity contribution in [2.45, 2.75) is 31.7 Å². The van der Waals surface area contributed by atoms with Crippen LogP contribution in [0.15, 0.2) is 12.3 Å². The van der Waals surface area contributed by atoms with E-state index < -0.39 is 0 Å². The van der Waals surface area contributed by atoms with Gasteiger partial charge < -0.3 is 10.1 Å². The second-order valence-electron chi connectivity index (χ2n) is 6.65. The normalized spacial score (nSPS) is 26.8. The average molecular weight is 288 g/mol. The van der Waals surface area contributed by atoms with Crippen LogP contribution in [0.4, 0.5) is 5.82 Å². The van der Waals surface area contributed by atoms with Gasteiger partial charge in [-0.2, -0.15) is 0 Å². The van der Waals surface area contributed by atoms with E-state index in [9.17, 15) is 0 Å². The van der Waals surface area contributed by atoms with Gasteiger partial charge in [-0.3, -0.25) is 4.90 Å². The highest BCUT2D eigenvalue weighted by Gasteiger charge is 2.32. The van der Waals surface area contributed by atoms with Crippen LogP contribution in [0, 0.1) is 11.8 Å². The van der Waals surface area contributed by atoms with Crippen molar-refractivity contribution < 1.29 is 4.74 Å². The molecule has 0 radical (unpaired) electrons. The van der Waals surface area contributed by atoms with E-state index in [1.54, 1.807) is 0 Å². The number of nitrogens with zero attached hydrogens (tertiary/aromatic N) is 3. The van der Waals surface area contributed by atoms with Gasteiger partial charge in [0.05, 0.1) is 19.3 Å². The predicted octanol–water partition coefficient (Wildman–Crippen LogP) is 2.08. The molecular formula is C16H24N4O. The second-order valence-corrected chi connectivity index (χ2v) is 6.65. The van der Waals surface area contributed by atoms with Crippen molar-refractivity contribution in [3.05, 3.63) is 18.1 Å². The maximum Gasteiger partial charge on any atom is 0.150 e. The minimum Gasteiger partial charge on any atom is -0.378 e. The first-order valence-corrected chi connectivity index (χ1v) is 8.27. The van der Waals surface area contributed by atoms with E-state index in [1.165, 1.54) is 32.2 Å². The molecule has 0 amide bonds. The van der Waals surface area contributed by atoms with Gasteiger partial charge in [0.25, 0.3) is 0 Å². The van der Waals surface area contributed by atoms with Gasteiger partial charge in [0.1, 0.15) is 11.6 Å². The summed E-state index contributed by atoms with van der Waals surface area (Å²) in [6.45, 7) is 4.78. The molecule has 1 N–H and O–H groups in total. The zero-order valence-electron chi connectivity index (χ0n) is 12.5. The molecular weight excluding hydrogens is 264 g/mol. The average Bonchev–Trinajstić information content (AvgIpc) is 3.41. The third-order valence-corrected chi connectivity index (χ3v) is 4.67. The number of anilines is 1. The van der Waals surface area contributed by atoms with Crippen molar-refractivity contribution in [2.24, 2.45) is 11.8 Å². The zero-order chi connectivity index (χ0) is 14.1. The minimum absolute atomic E-state index is 0.224. The molecule has 2 saturated carbocycles. The zero-order valence-corrected chi connectivity index (χ0v) is 12.5.